The molecule has 3 N–H and O–H groups in total. The molecular weight excluding hydrogens is 268 g/mol. The molecule has 0 bridgehead atoms. The number of carbonyl (C=O) groups excluding carboxylic acids is 1. The summed E-state index contributed by atoms with van der Waals surface area (Å²) in [5, 5.41) is 2.83. The molecule has 1 aliphatic heterocycles. The number of nitrogens with two attached hydrogens (primary N) is 1. The molecule has 0 aliphatic carbocycles. The predicted octanol–water partition coefficient (Wildman–Crippen LogP) is 2.57. The fraction of sp³-hybridized carbons (Fsp3) is 0.188. The van der Waals surface area contributed by atoms with Crippen LogP contribution in [-0.2, 0) is 9.47 Å². The SMILES string of the molecule is Nc1cccc(C(=O)Nc2ccc(C3OCCO3)cc2)c1. The third kappa shape index (κ3) is 3.21. The molecule has 1 aliphatic rings. The Kier molecular flexibility index (Phi) is 3.85. The predicted molar refractivity (Wildman–Crippen MR) is 79.9 cm³/mol. The highest BCUT2D eigenvalue weighted by Crippen LogP contribution is 2.24. The van der Waals surface area contributed by atoms with Crippen molar-refractivity contribution in [3.05, 3.63) is 59.7 Å². The lowest BCUT2D eigenvalue weighted by Gasteiger charge is -2.10. The van der Waals surface area contributed by atoms with Gasteiger partial charge in [-0.1, -0.05) is 18.2 Å². The number of rotatable bonds is 3. The summed E-state index contributed by atoms with van der Waals surface area (Å²) in [6, 6.07) is 14.3. The zero-order valence-electron chi connectivity index (χ0n) is 11.4. The smallest absolute Gasteiger partial charge is 0.255 e. The summed E-state index contributed by atoms with van der Waals surface area (Å²) < 4.78 is 10.8. The van der Waals surface area contributed by atoms with Crippen molar-refractivity contribution in [3.8, 4) is 0 Å². The molecule has 0 spiro atoms. The highest BCUT2D eigenvalue weighted by atomic mass is 16.7. The van der Waals surface area contributed by atoms with Crippen molar-refractivity contribution >= 4 is 17.3 Å². The van der Waals surface area contributed by atoms with E-state index in [1.165, 1.54) is 0 Å². The Labute approximate surface area is 122 Å². The molecule has 0 saturated carbocycles. The molecule has 1 heterocycles. The summed E-state index contributed by atoms with van der Waals surface area (Å²) in [4.78, 5) is 12.1. The lowest BCUT2D eigenvalue weighted by Crippen LogP contribution is -2.12. The lowest BCUT2D eigenvalue weighted by molar-refractivity contribution is -0.0441. The van der Waals surface area contributed by atoms with Crippen LogP contribution in [0.4, 0.5) is 11.4 Å². The molecule has 0 aromatic heterocycles. The Bertz CT molecular complexity index is 634. The van der Waals surface area contributed by atoms with Gasteiger partial charge in [-0.3, -0.25) is 4.79 Å². The molecule has 2 aromatic rings. The van der Waals surface area contributed by atoms with Crippen LogP contribution < -0.4 is 11.1 Å². The minimum absolute atomic E-state index is 0.191. The van der Waals surface area contributed by atoms with Crippen molar-refractivity contribution < 1.29 is 14.3 Å². The first-order valence-electron chi connectivity index (χ1n) is 6.72. The zero-order valence-corrected chi connectivity index (χ0v) is 11.4. The summed E-state index contributed by atoms with van der Waals surface area (Å²) in [5.74, 6) is -0.191. The molecule has 108 valence electrons. The molecular formula is C16H16N2O3. The summed E-state index contributed by atoms with van der Waals surface area (Å²) in [5.41, 5.74) is 8.42. The van der Waals surface area contributed by atoms with Gasteiger partial charge in [-0.25, -0.2) is 0 Å². The Morgan fingerprint density at radius 2 is 1.81 bits per heavy atom. The van der Waals surface area contributed by atoms with Gasteiger partial charge < -0.3 is 20.5 Å². The number of amides is 1. The van der Waals surface area contributed by atoms with E-state index in [0.717, 1.165) is 5.56 Å². The number of benzene rings is 2. The van der Waals surface area contributed by atoms with Gasteiger partial charge in [0.05, 0.1) is 13.2 Å². The highest BCUT2D eigenvalue weighted by molar-refractivity contribution is 6.04. The molecule has 5 heteroatoms. The van der Waals surface area contributed by atoms with Gasteiger partial charge >= 0.3 is 0 Å². The van der Waals surface area contributed by atoms with Gasteiger partial charge in [0.2, 0.25) is 0 Å². The van der Waals surface area contributed by atoms with Crippen LogP contribution in [0.15, 0.2) is 48.5 Å². The molecule has 1 fully saturated rings. The van der Waals surface area contributed by atoms with Crippen molar-refractivity contribution in [2.45, 2.75) is 6.29 Å². The first-order valence-corrected chi connectivity index (χ1v) is 6.72. The quantitative estimate of drug-likeness (QED) is 0.850. The second kappa shape index (κ2) is 5.95. The van der Waals surface area contributed by atoms with Crippen LogP contribution in [0.25, 0.3) is 0 Å². The van der Waals surface area contributed by atoms with E-state index in [0.29, 0.717) is 30.2 Å². The summed E-state index contributed by atoms with van der Waals surface area (Å²) in [6.45, 7) is 1.22. The summed E-state index contributed by atoms with van der Waals surface area (Å²) in [7, 11) is 0. The van der Waals surface area contributed by atoms with Gasteiger partial charge in [-0.2, -0.15) is 0 Å². The van der Waals surface area contributed by atoms with Crippen molar-refractivity contribution in [1.82, 2.24) is 0 Å². The minimum Gasteiger partial charge on any atom is -0.399 e. The Hall–Kier alpha value is -2.37. The number of nitrogen functional groups attached to an aromatic ring is 1. The van der Waals surface area contributed by atoms with Crippen molar-refractivity contribution in [2.24, 2.45) is 0 Å². The second-order valence-electron chi connectivity index (χ2n) is 4.78. The first-order chi connectivity index (χ1) is 10.2. The van der Waals surface area contributed by atoms with E-state index in [-0.39, 0.29) is 12.2 Å². The second-order valence-corrected chi connectivity index (χ2v) is 4.78. The number of nitrogens with one attached hydrogen (secondary N) is 1. The van der Waals surface area contributed by atoms with Gasteiger partial charge in [0.1, 0.15) is 0 Å². The van der Waals surface area contributed by atoms with Gasteiger partial charge in [-0.05, 0) is 30.3 Å². The van der Waals surface area contributed by atoms with Gasteiger partial charge in [-0.15, -0.1) is 0 Å². The van der Waals surface area contributed by atoms with E-state index in [9.17, 15) is 4.79 Å². The molecule has 21 heavy (non-hydrogen) atoms. The van der Waals surface area contributed by atoms with Gasteiger partial charge in [0, 0.05) is 22.5 Å². The Balaban J connectivity index is 1.68. The minimum atomic E-state index is -0.302. The summed E-state index contributed by atoms with van der Waals surface area (Å²) >= 11 is 0. The molecule has 3 rings (SSSR count). The third-order valence-corrected chi connectivity index (χ3v) is 3.21. The van der Waals surface area contributed by atoms with E-state index < -0.39 is 0 Å². The van der Waals surface area contributed by atoms with E-state index in [1.54, 1.807) is 24.3 Å². The maximum absolute atomic E-state index is 12.1. The van der Waals surface area contributed by atoms with Crippen LogP contribution >= 0.6 is 0 Å². The molecule has 1 amide bonds. The van der Waals surface area contributed by atoms with Crippen LogP contribution in [0.1, 0.15) is 22.2 Å². The molecule has 1 saturated heterocycles. The van der Waals surface area contributed by atoms with Crippen LogP contribution in [0.3, 0.4) is 0 Å². The summed E-state index contributed by atoms with van der Waals surface area (Å²) in [6.07, 6.45) is -0.302. The standard InChI is InChI=1S/C16H16N2O3/c17-13-3-1-2-12(10-13)15(19)18-14-6-4-11(5-7-14)16-20-8-9-21-16/h1-7,10,16H,8-9,17H2,(H,18,19). The average Bonchev–Trinajstić information content (AvgIpc) is 3.02. The van der Waals surface area contributed by atoms with E-state index in [1.807, 2.05) is 24.3 Å². The molecule has 0 atom stereocenters. The molecule has 0 radical (unpaired) electrons. The Morgan fingerprint density at radius 3 is 2.48 bits per heavy atom. The molecule has 5 nitrogen and oxygen atoms in total. The number of ether oxygens (including phenoxy) is 2. The largest absolute Gasteiger partial charge is 0.399 e. The van der Waals surface area contributed by atoms with E-state index >= 15 is 0 Å². The molecule has 2 aromatic carbocycles. The number of hydrogen-bond acceptors (Lipinski definition) is 4. The average molecular weight is 284 g/mol. The van der Waals surface area contributed by atoms with Crippen LogP contribution in [0.5, 0.6) is 0 Å². The van der Waals surface area contributed by atoms with Crippen molar-refractivity contribution in [1.29, 1.82) is 0 Å². The van der Waals surface area contributed by atoms with Gasteiger partial charge in [0.25, 0.3) is 5.91 Å². The van der Waals surface area contributed by atoms with Crippen LogP contribution in [0.2, 0.25) is 0 Å². The van der Waals surface area contributed by atoms with E-state index in [4.69, 9.17) is 15.2 Å². The number of carbonyl (C=O) groups is 1. The van der Waals surface area contributed by atoms with Crippen LogP contribution in [0, 0.1) is 0 Å². The zero-order chi connectivity index (χ0) is 14.7. The Morgan fingerprint density at radius 1 is 1.10 bits per heavy atom. The maximum Gasteiger partial charge on any atom is 0.255 e. The van der Waals surface area contributed by atoms with Crippen molar-refractivity contribution in [3.63, 3.8) is 0 Å². The van der Waals surface area contributed by atoms with Crippen LogP contribution in [-0.4, -0.2) is 19.1 Å². The fourth-order valence-corrected chi connectivity index (χ4v) is 2.16. The highest BCUT2D eigenvalue weighted by Gasteiger charge is 2.17. The lowest BCUT2D eigenvalue weighted by atomic mass is 10.1. The van der Waals surface area contributed by atoms with E-state index in [2.05, 4.69) is 5.32 Å². The third-order valence-electron chi connectivity index (χ3n) is 3.21. The molecule has 0 unspecified atom stereocenters. The number of anilines is 2. The fourth-order valence-electron chi connectivity index (χ4n) is 2.16. The normalized spacial score (nSPS) is 15.0. The topological polar surface area (TPSA) is 73.6 Å². The van der Waals surface area contributed by atoms with Crippen molar-refractivity contribution in [2.75, 3.05) is 24.3 Å². The number of hydrogen-bond donors (Lipinski definition) is 2. The monoisotopic (exact) mass is 284 g/mol. The maximum atomic E-state index is 12.1. The first kappa shape index (κ1) is 13.6. The van der Waals surface area contributed by atoms with Gasteiger partial charge in [0.15, 0.2) is 6.29 Å².